The van der Waals surface area contributed by atoms with Crippen LogP contribution in [0.25, 0.3) is 0 Å². The van der Waals surface area contributed by atoms with Crippen molar-refractivity contribution in [1.82, 2.24) is 5.32 Å². The van der Waals surface area contributed by atoms with E-state index in [1.807, 2.05) is 13.0 Å². The van der Waals surface area contributed by atoms with Crippen LogP contribution in [0.4, 0.5) is 0 Å². The SMILES string of the molecule is Cc1ccc(C(=O)NCC2(O)CCCCC2)c(Cl)c1. The Labute approximate surface area is 119 Å². The third-order valence-corrected chi connectivity index (χ3v) is 4.04. The normalized spacial score (nSPS) is 18.1. The average Bonchev–Trinajstić information content (AvgIpc) is 2.37. The minimum Gasteiger partial charge on any atom is -0.388 e. The first kappa shape index (κ1) is 14.4. The maximum atomic E-state index is 12.1. The zero-order chi connectivity index (χ0) is 13.9. The molecule has 1 aromatic rings. The Kier molecular flexibility index (Phi) is 4.48. The summed E-state index contributed by atoms with van der Waals surface area (Å²) in [5.74, 6) is -0.219. The van der Waals surface area contributed by atoms with Crippen LogP contribution in [-0.2, 0) is 0 Å². The molecule has 19 heavy (non-hydrogen) atoms. The summed E-state index contributed by atoms with van der Waals surface area (Å²) in [5, 5.41) is 13.6. The first-order valence-electron chi connectivity index (χ1n) is 6.77. The number of benzene rings is 1. The highest BCUT2D eigenvalue weighted by Crippen LogP contribution is 2.27. The van der Waals surface area contributed by atoms with Gasteiger partial charge in [-0.05, 0) is 37.5 Å². The third-order valence-electron chi connectivity index (χ3n) is 3.73. The standard InChI is InChI=1S/C15H20ClNO2/c1-11-5-6-12(13(16)9-11)14(18)17-10-15(19)7-3-2-4-8-15/h5-6,9,19H,2-4,7-8,10H2,1H3,(H,17,18). The molecule has 0 bridgehead atoms. The Morgan fingerprint density at radius 1 is 1.37 bits per heavy atom. The Hall–Kier alpha value is -1.06. The van der Waals surface area contributed by atoms with Crippen LogP contribution < -0.4 is 5.32 Å². The molecule has 1 aromatic carbocycles. The van der Waals surface area contributed by atoms with E-state index in [2.05, 4.69) is 5.32 Å². The molecule has 2 rings (SSSR count). The fourth-order valence-electron chi connectivity index (χ4n) is 2.53. The molecule has 0 saturated heterocycles. The molecule has 1 aliphatic rings. The number of carbonyl (C=O) groups excluding carboxylic acids is 1. The molecule has 0 atom stereocenters. The molecule has 104 valence electrons. The van der Waals surface area contributed by atoms with Gasteiger partial charge in [-0.15, -0.1) is 0 Å². The van der Waals surface area contributed by atoms with E-state index in [0.717, 1.165) is 31.2 Å². The van der Waals surface area contributed by atoms with Gasteiger partial charge in [0.15, 0.2) is 0 Å². The Bertz CT molecular complexity index is 467. The van der Waals surface area contributed by atoms with E-state index < -0.39 is 5.60 Å². The van der Waals surface area contributed by atoms with Crippen LogP contribution in [0.1, 0.15) is 48.0 Å². The van der Waals surface area contributed by atoms with E-state index in [1.165, 1.54) is 6.42 Å². The molecule has 4 heteroatoms. The van der Waals surface area contributed by atoms with E-state index in [1.54, 1.807) is 12.1 Å². The minimum absolute atomic E-state index is 0.219. The number of carbonyl (C=O) groups is 1. The molecule has 1 amide bonds. The summed E-state index contributed by atoms with van der Waals surface area (Å²) >= 11 is 6.06. The van der Waals surface area contributed by atoms with Crippen molar-refractivity contribution in [2.75, 3.05) is 6.54 Å². The van der Waals surface area contributed by atoms with Crippen molar-refractivity contribution in [2.45, 2.75) is 44.6 Å². The number of hydrogen-bond donors (Lipinski definition) is 2. The van der Waals surface area contributed by atoms with Gasteiger partial charge in [0, 0.05) is 6.54 Å². The summed E-state index contributed by atoms with van der Waals surface area (Å²) in [4.78, 5) is 12.1. The van der Waals surface area contributed by atoms with Crippen molar-refractivity contribution < 1.29 is 9.90 Å². The van der Waals surface area contributed by atoms with E-state index in [4.69, 9.17) is 11.6 Å². The van der Waals surface area contributed by atoms with Gasteiger partial charge in [-0.3, -0.25) is 4.79 Å². The Morgan fingerprint density at radius 2 is 2.05 bits per heavy atom. The zero-order valence-electron chi connectivity index (χ0n) is 11.2. The highest BCUT2D eigenvalue weighted by atomic mass is 35.5. The monoisotopic (exact) mass is 281 g/mol. The van der Waals surface area contributed by atoms with Crippen molar-refractivity contribution in [3.8, 4) is 0 Å². The van der Waals surface area contributed by atoms with Crippen LogP contribution in [0.15, 0.2) is 18.2 Å². The molecule has 0 aromatic heterocycles. The van der Waals surface area contributed by atoms with Gasteiger partial charge in [0.2, 0.25) is 0 Å². The van der Waals surface area contributed by atoms with Crippen molar-refractivity contribution in [2.24, 2.45) is 0 Å². The Morgan fingerprint density at radius 3 is 2.68 bits per heavy atom. The molecule has 0 unspecified atom stereocenters. The topological polar surface area (TPSA) is 49.3 Å². The number of halogens is 1. The van der Waals surface area contributed by atoms with Crippen molar-refractivity contribution in [3.63, 3.8) is 0 Å². The van der Waals surface area contributed by atoms with Gasteiger partial charge in [0.05, 0.1) is 16.2 Å². The number of aryl methyl sites for hydroxylation is 1. The molecular weight excluding hydrogens is 262 g/mol. The number of hydrogen-bond acceptors (Lipinski definition) is 2. The van der Waals surface area contributed by atoms with Crippen LogP contribution in [0.2, 0.25) is 5.02 Å². The van der Waals surface area contributed by atoms with Gasteiger partial charge in [-0.1, -0.05) is 36.9 Å². The van der Waals surface area contributed by atoms with Gasteiger partial charge in [0.25, 0.3) is 5.91 Å². The second-order valence-electron chi connectivity index (χ2n) is 5.45. The van der Waals surface area contributed by atoms with Crippen molar-refractivity contribution in [3.05, 3.63) is 34.3 Å². The quantitative estimate of drug-likeness (QED) is 0.894. The van der Waals surface area contributed by atoms with Gasteiger partial charge in [0.1, 0.15) is 0 Å². The van der Waals surface area contributed by atoms with Crippen LogP contribution in [0, 0.1) is 6.92 Å². The lowest BCUT2D eigenvalue weighted by Gasteiger charge is -2.32. The van der Waals surface area contributed by atoms with Crippen LogP contribution in [0.3, 0.4) is 0 Å². The summed E-state index contributed by atoms with van der Waals surface area (Å²) in [5.41, 5.74) is 0.740. The maximum absolute atomic E-state index is 12.1. The molecule has 2 N–H and O–H groups in total. The zero-order valence-corrected chi connectivity index (χ0v) is 12.0. The third kappa shape index (κ3) is 3.71. The van der Waals surface area contributed by atoms with Crippen LogP contribution in [0.5, 0.6) is 0 Å². The van der Waals surface area contributed by atoms with Crippen molar-refractivity contribution >= 4 is 17.5 Å². The fraction of sp³-hybridized carbons (Fsp3) is 0.533. The van der Waals surface area contributed by atoms with Gasteiger partial charge < -0.3 is 10.4 Å². The Balaban J connectivity index is 1.97. The predicted molar refractivity (Wildman–Crippen MR) is 76.6 cm³/mol. The molecule has 0 radical (unpaired) electrons. The summed E-state index contributed by atoms with van der Waals surface area (Å²) < 4.78 is 0. The largest absolute Gasteiger partial charge is 0.388 e. The van der Waals surface area contributed by atoms with E-state index in [9.17, 15) is 9.90 Å². The summed E-state index contributed by atoms with van der Waals surface area (Å²) in [6.45, 7) is 2.23. The highest BCUT2D eigenvalue weighted by molar-refractivity contribution is 6.33. The molecule has 1 saturated carbocycles. The predicted octanol–water partition coefficient (Wildman–Crippen LogP) is 3.07. The molecule has 1 fully saturated rings. The minimum atomic E-state index is -0.745. The first-order chi connectivity index (χ1) is 9.00. The summed E-state index contributed by atoms with van der Waals surface area (Å²) in [6, 6.07) is 5.35. The molecule has 0 heterocycles. The first-order valence-corrected chi connectivity index (χ1v) is 7.15. The van der Waals surface area contributed by atoms with Crippen LogP contribution >= 0.6 is 11.6 Å². The molecule has 3 nitrogen and oxygen atoms in total. The number of amides is 1. The smallest absolute Gasteiger partial charge is 0.252 e. The second-order valence-corrected chi connectivity index (χ2v) is 5.86. The van der Waals surface area contributed by atoms with Crippen molar-refractivity contribution in [1.29, 1.82) is 0 Å². The fourth-order valence-corrected chi connectivity index (χ4v) is 2.85. The van der Waals surface area contributed by atoms with E-state index in [0.29, 0.717) is 17.1 Å². The lowest BCUT2D eigenvalue weighted by molar-refractivity contribution is 0.00526. The molecule has 1 aliphatic carbocycles. The lowest BCUT2D eigenvalue weighted by Crippen LogP contribution is -2.44. The average molecular weight is 282 g/mol. The van der Waals surface area contributed by atoms with Gasteiger partial charge in [-0.2, -0.15) is 0 Å². The van der Waals surface area contributed by atoms with Crippen LogP contribution in [-0.4, -0.2) is 23.2 Å². The maximum Gasteiger partial charge on any atom is 0.252 e. The number of aliphatic hydroxyl groups is 1. The molecule has 0 spiro atoms. The van der Waals surface area contributed by atoms with Gasteiger partial charge in [-0.25, -0.2) is 0 Å². The number of nitrogens with one attached hydrogen (secondary N) is 1. The highest BCUT2D eigenvalue weighted by Gasteiger charge is 2.29. The summed E-state index contributed by atoms with van der Waals surface area (Å²) in [6.07, 6.45) is 4.74. The number of rotatable bonds is 3. The summed E-state index contributed by atoms with van der Waals surface area (Å²) in [7, 11) is 0. The van der Waals surface area contributed by atoms with E-state index >= 15 is 0 Å². The van der Waals surface area contributed by atoms with E-state index in [-0.39, 0.29) is 5.91 Å². The van der Waals surface area contributed by atoms with Gasteiger partial charge >= 0.3 is 0 Å². The lowest BCUT2D eigenvalue weighted by atomic mass is 9.85. The second kappa shape index (κ2) is 5.93. The molecule has 0 aliphatic heterocycles. The molecular formula is C15H20ClNO2.